The molecule has 0 bridgehead atoms. The Morgan fingerprint density at radius 1 is 1.03 bits per heavy atom. The number of likely N-dealkylation sites (N-methyl/N-ethyl adjacent to an activating group) is 1. The van der Waals surface area contributed by atoms with Crippen molar-refractivity contribution >= 4 is 50.5 Å². The van der Waals surface area contributed by atoms with E-state index in [0.29, 0.717) is 16.7 Å². The number of benzene rings is 3. The molecule has 4 rings (SSSR count). The number of halogens is 1. The molecule has 0 radical (unpaired) electrons. The van der Waals surface area contributed by atoms with E-state index in [2.05, 4.69) is 20.9 Å². The van der Waals surface area contributed by atoms with Gasteiger partial charge in [-0.2, -0.15) is 0 Å². The molecule has 0 saturated carbocycles. The highest BCUT2D eigenvalue weighted by Gasteiger charge is 2.30. The van der Waals surface area contributed by atoms with Crippen LogP contribution >= 0.6 is 27.7 Å². The minimum Gasteiger partial charge on any atom is -0.488 e. The summed E-state index contributed by atoms with van der Waals surface area (Å²) in [6, 6.07) is 23.7. The topological polar surface area (TPSA) is 41.9 Å². The zero-order chi connectivity index (χ0) is 21.8. The molecule has 1 fully saturated rings. The van der Waals surface area contributed by atoms with E-state index in [1.807, 2.05) is 85.8 Å². The van der Waals surface area contributed by atoms with Crippen molar-refractivity contribution in [1.82, 2.24) is 4.90 Å². The van der Waals surface area contributed by atoms with Gasteiger partial charge in [-0.05, 0) is 60.7 Å². The lowest BCUT2D eigenvalue weighted by Crippen LogP contribution is -2.23. The van der Waals surface area contributed by atoms with Crippen LogP contribution in [0.25, 0.3) is 6.08 Å². The van der Waals surface area contributed by atoms with Gasteiger partial charge >= 0.3 is 0 Å². The van der Waals surface area contributed by atoms with Gasteiger partial charge < -0.3 is 4.74 Å². The van der Waals surface area contributed by atoms with E-state index in [1.165, 1.54) is 17.3 Å². The molecule has 6 heteroatoms. The first-order valence-corrected chi connectivity index (χ1v) is 11.4. The summed E-state index contributed by atoms with van der Waals surface area (Å²) in [5.41, 5.74) is 3.93. The number of thioether (sulfide) groups is 1. The molecule has 0 N–H and O–H groups in total. The van der Waals surface area contributed by atoms with Gasteiger partial charge in [0, 0.05) is 17.1 Å². The van der Waals surface area contributed by atoms with E-state index in [1.54, 1.807) is 11.9 Å². The Hall–Kier alpha value is -2.83. The number of carbonyl (C=O) groups is 1. The minimum atomic E-state index is -0.0708. The highest BCUT2D eigenvalue weighted by atomic mass is 79.9. The van der Waals surface area contributed by atoms with Crippen LogP contribution in [0.1, 0.15) is 16.7 Å². The van der Waals surface area contributed by atoms with Crippen LogP contribution in [0, 0.1) is 6.92 Å². The van der Waals surface area contributed by atoms with Gasteiger partial charge in [-0.3, -0.25) is 9.69 Å². The zero-order valence-corrected chi connectivity index (χ0v) is 19.6. The van der Waals surface area contributed by atoms with Crippen LogP contribution < -0.4 is 4.74 Å². The third-order valence-electron chi connectivity index (χ3n) is 4.78. The van der Waals surface area contributed by atoms with Crippen molar-refractivity contribution in [3.63, 3.8) is 0 Å². The van der Waals surface area contributed by atoms with Crippen LogP contribution in [-0.2, 0) is 11.4 Å². The van der Waals surface area contributed by atoms with E-state index in [-0.39, 0.29) is 5.91 Å². The van der Waals surface area contributed by atoms with Crippen molar-refractivity contribution in [2.24, 2.45) is 4.99 Å². The van der Waals surface area contributed by atoms with Gasteiger partial charge in [0.2, 0.25) is 0 Å². The molecule has 1 aliphatic rings. The van der Waals surface area contributed by atoms with Crippen LogP contribution in [0.3, 0.4) is 0 Å². The molecular weight excluding hydrogens is 472 g/mol. The molecule has 0 aromatic heterocycles. The zero-order valence-electron chi connectivity index (χ0n) is 17.2. The maximum Gasteiger partial charge on any atom is 0.266 e. The van der Waals surface area contributed by atoms with Crippen LogP contribution in [0.2, 0.25) is 0 Å². The molecule has 0 spiro atoms. The molecule has 3 aromatic rings. The standard InChI is InChI=1S/C25H21BrN2O2S/c1-17-7-13-21(14-8-17)27-25-28(2)24(29)23(31-25)15-19-5-3-4-6-22(19)30-16-18-9-11-20(26)12-10-18/h3-15H,16H2,1-2H3/b23-15+,27-25?. The van der Waals surface area contributed by atoms with Crippen LogP contribution in [0.15, 0.2) is 87.2 Å². The second-order valence-corrected chi connectivity index (χ2v) is 9.08. The third kappa shape index (κ3) is 5.27. The highest BCUT2D eigenvalue weighted by molar-refractivity contribution is 9.10. The first-order chi connectivity index (χ1) is 15.0. The maximum atomic E-state index is 12.8. The first kappa shape index (κ1) is 21.4. The van der Waals surface area contributed by atoms with Gasteiger partial charge in [-0.1, -0.05) is 64.0 Å². The van der Waals surface area contributed by atoms with Gasteiger partial charge in [0.1, 0.15) is 12.4 Å². The Kier molecular flexibility index (Phi) is 6.59. The predicted molar refractivity (Wildman–Crippen MR) is 132 cm³/mol. The summed E-state index contributed by atoms with van der Waals surface area (Å²) in [6.07, 6.45) is 1.87. The molecule has 1 saturated heterocycles. The lowest BCUT2D eigenvalue weighted by Gasteiger charge is -2.10. The third-order valence-corrected chi connectivity index (χ3v) is 6.36. The molecule has 156 valence electrons. The van der Waals surface area contributed by atoms with Crippen molar-refractivity contribution in [3.05, 3.63) is 98.9 Å². The van der Waals surface area contributed by atoms with E-state index >= 15 is 0 Å². The van der Waals surface area contributed by atoms with Crippen molar-refractivity contribution in [1.29, 1.82) is 0 Å². The van der Waals surface area contributed by atoms with Crippen LogP contribution in [0.4, 0.5) is 5.69 Å². The quantitative estimate of drug-likeness (QED) is 0.378. The van der Waals surface area contributed by atoms with Crippen LogP contribution in [0.5, 0.6) is 5.75 Å². The van der Waals surface area contributed by atoms with Gasteiger partial charge in [-0.15, -0.1) is 0 Å². The number of hydrogen-bond acceptors (Lipinski definition) is 4. The number of para-hydroxylation sites is 1. The second kappa shape index (κ2) is 9.54. The summed E-state index contributed by atoms with van der Waals surface area (Å²) in [5, 5.41) is 0.661. The Balaban J connectivity index is 1.55. The molecule has 1 aliphatic heterocycles. The fourth-order valence-electron chi connectivity index (χ4n) is 3.00. The largest absolute Gasteiger partial charge is 0.488 e. The Labute approximate surface area is 194 Å². The number of rotatable bonds is 5. The molecule has 4 nitrogen and oxygen atoms in total. The normalized spacial score (nSPS) is 16.4. The Bertz CT molecular complexity index is 1150. The number of carbonyl (C=O) groups excluding carboxylic acids is 1. The lowest BCUT2D eigenvalue weighted by atomic mass is 10.2. The number of amidine groups is 1. The van der Waals surface area contributed by atoms with Crippen molar-refractivity contribution in [3.8, 4) is 5.75 Å². The number of ether oxygens (including phenoxy) is 1. The molecule has 0 atom stereocenters. The van der Waals surface area contributed by atoms with Crippen molar-refractivity contribution < 1.29 is 9.53 Å². The van der Waals surface area contributed by atoms with Gasteiger partial charge in [0.25, 0.3) is 5.91 Å². The Morgan fingerprint density at radius 3 is 2.48 bits per heavy atom. The van der Waals surface area contributed by atoms with Gasteiger partial charge in [0.05, 0.1) is 10.6 Å². The molecule has 1 amide bonds. The molecule has 31 heavy (non-hydrogen) atoms. The van der Waals surface area contributed by atoms with Crippen molar-refractivity contribution in [2.75, 3.05) is 7.05 Å². The molecule has 0 aliphatic carbocycles. The number of hydrogen-bond donors (Lipinski definition) is 0. The van der Waals surface area contributed by atoms with Crippen LogP contribution in [-0.4, -0.2) is 23.0 Å². The van der Waals surface area contributed by atoms with E-state index in [0.717, 1.165) is 27.0 Å². The second-order valence-electron chi connectivity index (χ2n) is 7.16. The molecule has 3 aromatic carbocycles. The summed E-state index contributed by atoms with van der Waals surface area (Å²) in [7, 11) is 1.75. The number of nitrogens with zero attached hydrogens (tertiary/aromatic N) is 2. The SMILES string of the molecule is Cc1ccc(N=C2S/C(=C/c3ccccc3OCc3ccc(Br)cc3)C(=O)N2C)cc1. The predicted octanol–water partition coefficient (Wildman–Crippen LogP) is 6.57. The summed E-state index contributed by atoms with van der Waals surface area (Å²) in [5.74, 6) is 0.663. The molecule has 1 heterocycles. The van der Waals surface area contributed by atoms with E-state index < -0.39 is 0 Å². The van der Waals surface area contributed by atoms with E-state index in [9.17, 15) is 4.79 Å². The summed E-state index contributed by atoms with van der Waals surface area (Å²) in [6.45, 7) is 2.49. The molecule has 0 unspecified atom stereocenters. The molecular formula is C25H21BrN2O2S. The summed E-state index contributed by atoms with van der Waals surface area (Å²) in [4.78, 5) is 19.6. The minimum absolute atomic E-state index is 0.0708. The number of amides is 1. The smallest absolute Gasteiger partial charge is 0.266 e. The maximum absolute atomic E-state index is 12.8. The Morgan fingerprint density at radius 2 is 1.74 bits per heavy atom. The van der Waals surface area contributed by atoms with Crippen molar-refractivity contribution in [2.45, 2.75) is 13.5 Å². The number of aliphatic imine (C=N–C) groups is 1. The van der Waals surface area contributed by atoms with Gasteiger partial charge in [0.15, 0.2) is 5.17 Å². The van der Waals surface area contributed by atoms with E-state index in [4.69, 9.17) is 4.74 Å². The van der Waals surface area contributed by atoms with Gasteiger partial charge in [-0.25, -0.2) is 4.99 Å². The lowest BCUT2D eigenvalue weighted by molar-refractivity contribution is -0.121. The summed E-state index contributed by atoms with van der Waals surface area (Å²) >= 11 is 4.82. The summed E-state index contributed by atoms with van der Waals surface area (Å²) < 4.78 is 7.08. The monoisotopic (exact) mass is 492 g/mol. The number of aryl methyl sites for hydroxylation is 1. The fraction of sp³-hybridized carbons (Fsp3) is 0.120. The highest BCUT2D eigenvalue weighted by Crippen LogP contribution is 2.34. The fourth-order valence-corrected chi connectivity index (χ4v) is 4.24. The average Bonchev–Trinajstić information content (AvgIpc) is 3.03. The average molecular weight is 493 g/mol. The first-order valence-electron chi connectivity index (χ1n) is 9.79.